The molecule has 1 atom stereocenters. The summed E-state index contributed by atoms with van der Waals surface area (Å²) in [6.07, 6.45) is 2.48. The highest BCUT2D eigenvalue weighted by Crippen LogP contribution is 2.49. The normalized spacial score (nSPS) is 22.1. The molecule has 1 heterocycles. The maximum absolute atomic E-state index is 14.0. The van der Waals surface area contributed by atoms with Crippen LogP contribution in [0.4, 0.5) is 8.78 Å². The Kier molecular flexibility index (Phi) is 2.70. The number of aryl methyl sites for hydroxylation is 1. The lowest BCUT2D eigenvalue weighted by atomic mass is 9.78. The maximum atomic E-state index is 14.0. The van der Waals surface area contributed by atoms with Gasteiger partial charge in [0.15, 0.2) is 0 Å². The molecule has 2 nitrogen and oxygen atoms in total. The van der Waals surface area contributed by atoms with Gasteiger partial charge in [0, 0.05) is 22.2 Å². The molecule has 96 valence electrons. The molecule has 1 aliphatic carbocycles. The van der Waals surface area contributed by atoms with Gasteiger partial charge in [0.2, 0.25) is 0 Å². The molecule has 0 spiro atoms. The summed E-state index contributed by atoms with van der Waals surface area (Å²) in [7, 11) is 0. The summed E-state index contributed by atoms with van der Waals surface area (Å²) in [6, 6.07) is 1.96. The summed E-state index contributed by atoms with van der Waals surface area (Å²) in [5, 5.41) is 7.75. The molecule has 1 aromatic carbocycles. The predicted molar refractivity (Wildman–Crippen MR) is 70.1 cm³/mol. The third-order valence-corrected chi connectivity index (χ3v) is 4.65. The average molecular weight is 315 g/mol. The van der Waals surface area contributed by atoms with Crippen LogP contribution in [-0.2, 0) is 6.42 Å². The third kappa shape index (κ3) is 1.60. The van der Waals surface area contributed by atoms with Crippen LogP contribution in [0.25, 0.3) is 10.9 Å². The first-order valence-corrected chi connectivity index (χ1v) is 6.86. The first-order chi connectivity index (χ1) is 8.54. The van der Waals surface area contributed by atoms with E-state index in [0.717, 1.165) is 26.5 Å². The number of aromatic amines is 1. The smallest absolute Gasteiger partial charge is 0.255 e. The number of rotatable bonds is 1. The molecular formula is C13H13BrF2N2. The van der Waals surface area contributed by atoms with Crippen molar-refractivity contribution in [2.45, 2.75) is 38.0 Å². The summed E-state index contributed by atoms with van der Waals surface area (Å²) in [6.45, 7) is 1.82. The Balaban J connectivity index is 2.29. The van der Waals surface area contributed by atoms with Gasteiger partial charge < -0.3 is 0 Å². The molecule has 18 heavy (non-hydrogen) atoms. The summed E-state index contributed by atoms with van der Waals surface area (Å²) in [4.78, 5) is 0. The van der Waals surface area contributed by atoms with Gasteiger partial charge in [0.1, 0.15) is 0 Å². The van der Waals surface area contributed by atoms with Crippen LogP contribution in [0.3, 0.4) is 0 Å². The lowest BCUT2D eigenvalue weighted by Crippen LogP contribution is -2.32. The fourth-order valence-electron chi connectivity index (χ4n) is 2.89. The van der Waals surface area contributed by atoms with Crippen molar-refractivity contribution in [1.82, 2.24) is 10.2 Å². The Labute approximate surface area is 112 Å². The molecule has 1 aromatic heterocycles. The van der Waals surface area contributed by atoms with Gasteiger partial charge in [-0.15, -0.1) is 0 Å². The molecule has 0 saturated carbocycles. The van der Waals surface area contributed by atoms with Crippen LogP contribution >= 0.6 is 15.9 Å². The molecule has 1 N–H and O–H groups in total. The van der Waals surface area contributed by atoms with Gasteiger partial charge >= 0.3 is 0 Å². The van der Waals surface area contributed by atoms with E-state index in [9.17, 15) is 8.78 Å². The van der Waals surface area contributed by atoms with E-state index in [-0.39, 0.29) is 6.42 Å². The number of halogens is 3. The van der Waals surface area contributed by atoms with E-state index in [1.165, 1.54) is 0 Å². The molecule has 5 heteroatoms. The molecule has 1 aliphatic rings. The molecular weight excluding hydrogens is 302 g/mol. The van der Waals surface area contributed by atoms with Crippen molar-refractivity contribution < 1.29 is 8.78 Å². The van der Waals surface area contributed by atoms with E-state index in [2.05, 4.69) is 26.1 Å². The third-order valence-electron chi connectivity index (χ3n) is 3.80. The highest BCUT2D eigenvalue weighted by molar-refractivity contribution is 9.10. The first-order valence-electron chi connectivity index (χ1n) is 6.06. The highest BCUT2D eigenvalue weighted by Gasteiger charge is 2.44. The van der Waals surface area contributed by atoms with E-state index in [1.807, 2.05) is 13.0 Å². The standard InChI is InChI=1S/C13H13BrF2N2/c1-2-9-11-7(3-4-13(9,15)16)5-10-8(12(11)14)6-17-18-10/h5-6,9H,2-4H2,1H3,(H,17,18). The highest BCUT2D eigenvalue weighted by atomic mass is 79.9. The summed E-state index contributed by atoms with van der Waals surface area (Å²) in [5.74, 6) is -3.31. The Hall–Kier alpha value is -0.970. The number of fused-ring (bicyclic) bond motifs is 2. The van der Waals surface area contributed by atoms with Gasteiger partial charge in [-0.05, 0) is 46.0 Å². The molecule has 2 aromatic rings. The Bertz CT molecular complexity index is 606. The Morgan fingerprint density at radius 2 is 2.33 bits per heavy atom. The molecule has 0 aliphatic heterocycles. The molecule has 0 radical (unpaired) electrons. The van der Waals surface area contributed by atoms with E-state index in [4.69, 9.17) is 0 Å². The monoisotopic (exact) mass is 314 g/mol. The van der Waals surface area contributed by atoms with Crippen LogP contribution in [0.5, 0.6) is 0 Å². The topological polar surface area (TPSA) is 28.7 Å². The van der Waals surface area contributed by atoms with Crippen LogP contribution in [0.15, 0.2) is 16.7 Å². The van der Waals surface area contributed by atoms with Crippen molar-refractivity contribution >= 4 is 26.8 Å². The van der Waals surface area contributed by atoms with Gasteiger partial charge in [-0.2, -0.15) is 5.10 Å². The second kappa shape index (κ2) is 4.02. The molecule has 0 bridgehead atoms. The van der Waals surface area contributed by atoms with Crippen LogP contribution in [0, 0.1) is 0 Å². The lowest BCUT2D eigenvalue weighted by molar-refractivity contribution is -0.0427. The minimum absolute atomic E-state index is 0.0649. The SMILES string of the molecule is CCC1c2c(cc3[nH]ncc3c2Br)CCC1(F)F. The second-order valence-corrected chi connectivity index (χ2v) is 5.61. The fraction of sp³-hybridized carbons (Fsp3) is 0.462. The minimum atomic E-state index is -2.61. The summed E-state index contributed by atoms with van der Waals surface area (Å²) < 4.78 is 28.8. The largest absolute Gasteiger partial charge is 0.278 e. The van der Waals surface area contributed by atoms with Gasteiger partial charge in [-0.3, -0.25) is 5.10 Å². The van der Waals surface area contributed by atoms with E-state index < -0.39 is 11.8 Å². The summed E-state index contributed by atoms with van der Waals surface area (Å²) in [5.41, 5.74) is 2.68. The predicted octanol–water partition coefficient (Wildman–Crippen LogP) is 4.40. The molecule has 0 fully saturated rings. The van der Waals surface area contributed by atoms with Crippen molar-refractivity contribution in [3.63, 3.8) is 0 Å². The van der Waals surface area contributed by atoms with Gasteiger partial charge in [-0.1, -0.05) is 6.92 Å². The Morgan fingerprint density at radius 3 is 3.06 bits per heavy atom. The Morgan fingerprint density at radius 1 is 1.56 bits per heavy atom. The van der Waals surface area contributed by atoms with Crippen LogP contribution in [-0.4, -0.2) is 16.1 Å². The quantitative estimate of drug-likeness (QED) is 0.830. The maximum Gasteiger partial charge on any atom is 0.255 e. The zero-order valence-corrected chi connectivity index (χ0v) is 11.5. The fourth-order valence-corrected chi connectivity index (χ4v) is 3.74. The van der Waals surface area contributed by atoms with E-state index >= 15 is 0 Å². The van der Waals surface area contributed by atoms with Crippen LogP contribution in [0.1, 0.15) is 36.8 Å². The van der Waals surface area contributed by atoms with Crippen LogP contribution in [0.2, 0.25) is 0 Å². The van der Waals surface area contributed by atoms with E-state index in [1.54, 1.807) is 6.20 Å². The van der Waals surface area contributed by atoms with Crippen molar-refractivity contribution in [3.05, 3.63) is 27.9 Å². The zero-order valence-electron chi connectivity index (χ0n) is 9.93. The van der Waals surface area contributed by atoms with Gasteiger partial charge in [0.25, 0.3) is 5.92 Å². The number of nitrogens with one attached hydrogen (secondary N) is 1. The number of H-pyrrole nitrogens is 1. The minimum Gasteiger partial charge on any atom is -0.278 e. The molecule has 0 amide bonds. The number of benzene rings is 1. The van der Waals surface area contributed by atoms with Crippen molar-refractivity contribution in [3.8, 4) is 0 Å². The molecule has 1 unspecified atom stereocenters. The zero-order chi connectivity index (χ0) is 12.9. The van der Waals surface area contributed by atoms with Crippen molar-refractivity contribution in [2.75, 3.05) is 0 Å². The van der Waals surface area contributed by atoms with Gasteiger partial charge in [-0.25, -0.2) is 8.78 Å². The summed E-state index contributed by atoms with van der Waals surface area (Å²) >= 11 is 3.49. The number of alkyl halides is 2. The molecule has 3 rings (SSSR count). The van der Waals surface area contributed by atoms with Gasteiger partial charge in [0.05, 0.1) is 11.7 Å². The molecule has 0 saturated heterocycles. The number of nitrogens with zero attached hydrogens (tertiary/aromatic N) is 1. The number of hydrogen-bond acceptors (Lipinski definition) is 1. The number of hydrogen-bond donors (Lipinski definition) is 1. The average Bonchev–Trinajstić information content (AvgIpc) is 2.78. The van der Waals surface area contributed by atoms with Crippen LogP contribution < -0.4 is 0 Å². The van der Waals surface area contributed by atoms with E-state index in [0.29, 0.717) is 12.8 Å². The van der Waals surface area contributed by atoms with Crippen molar-refractivity contribution in [1.29, 1.82) is 0 Å². The number of aromatic nitrogens is 2. The lowest BCUT2D eigenvalue weighted by Gasteiger charge is -2.33. The van der Waals surface area contributed by atoms with Crippen molar-refractivity contribution in [2.24, 2.45) is 0 Å². The second-order valence-electron chi connectivity index (χ2n) is 4.82. The first kappa shape index (κ1) is 12.1.